The van der Waals surface area contributed by atoms with E-state index in [0.717, 1.165) is 28.0 Å². The molecule has 2 aromatic rings. The normalized spacial score (nSPS) is 24.1. The maximum atomic E-state index is 13.0. The second kappa shape index (κ2) is 6.66. The van der Waals surface area contributed by atoms with Gasteiger partial charge in [-0.25, -0.2) is 0 Å². The van der Waals surface area contributed by atoms with Gasteiger partial charge in [0.1, 0.15) is 11.8 Å². The van der Waals surface area contributed by atoms with Crippen LogP contribution in [0.2, 0.25) is 10.0 Å². The molecule has 1 aromatic heterocycles. The number of fused-ring (bicyclic) bond motifs is 2. The van der Waals surface area contributed by atoms with Crippen molar-refractivity contribution in [3.8, 4) is 0 Å². The van der Waals surface area contributed by atoms with Crippen LogP contribution >= 0.6 is 46.3 Å². The van der Waals surface area contributed by atoms with Gasteiger partial charge in [-0.15, -0.1) is 0 Å². The molecule has 27 heavy (non-hydrogen) atoms. The maximum Gasteiger partial charge on any atom is 0.323 e. The second-order valence-electron chi connectivity index (χ2n) is 6.05. The lowest BCUT2D eigenvalue weighted by Gasteiger charge is -2.30. The van der Waals surface area contributed by atoms with Crippen LogP contribution in [0.5, 0.6) is 0 Å². The molecule has 3 heterocycles. The summed E-state index contributed by atoms with van der Waals surface area (Å²) in [6, 6.07) is 4.96. The number of rotatable bonds is 3. The highest BCUT2D eigenvalue weighted by molar-refractivity contribution is 8.00. The molecule has 3 atom stereocenters. The number of aromatic amines is 1. The quantitative estimate of drug-likeness (QED) is 0.703. The van der Waals surface area contributed by atoms with E-state index < -0.39 is 41.4 Å². The van der Waals surface area contributed by atoms with Crippen molar-refractivity contribution in [3.63, 3.8) is 0 Å². The minimum absolute atomic E-state index is 0.235. The zero-order valence-electron chi connectivity index (χ0n) is 13.3. The van der Waals surface area contributed by atoms with Gasteiger partial charge in [-0.1, -0.05) is 58.4 Å². The molecule has 2 N–H and O–H groups in total. The summed E-state index contributed by atoms with van der Waals surface area (Å²) >= 11 is 14.5. The number of nitrogens with zero attached hydrogens (tertiary/aromatic N) is 1. The highest BCUT2D eigenvalue weighted by Crippen LogP contribution is 2.53. The van der Waals surface area contributed by atoms with Crippen LogP contribution < -0.4 is 4.87 Å². The van der Waals surface area contributed by atoms with Crippen molar-refractivity contribution < 1.29 is 19.5 Å². The molecule has 1 saturated heterocycles. The van der Waals surface area contributed by atoms with Crippen LogP contribution in [-0.4, -0.2) is 44.6 Å². The fraction of sp³-hybridized carbons (Fsp3) is 0.250. The first kappa shape index (κ1) is 18.5. The molecule has 11 heteroatoms. The number of imide groups is 1. The largest absolute Gasteiger partial charge is 0.480 e. The molecule has 0 aliphatic carbocycles. The van der Waals surface area contributed by atoms with Crippen molar-refractivity contribution in [2.75, 3.05) is 6.54 Å². The van der Waals surface area contributed by atoms with Gasteiger partial charge in [0.2, 0.25) is 11.8 Å². The first-order valence-corrected chi connectivity index (χ1v) is 10.2. The number of carboxylic acids is 1. The van der Waals surface area contributed by atoms with Gasteiger partial charge in [-0.05, 0) is 11.6 Å². The van der Waals surface area contributed by atoms with Crippen LogP contribution in [0.15, 0.2) is 28.0 Å². The minimum Gasteiger partial charge on any atom is -0.480 e. The van der Waals surface area contributed by atoms with Crippen molar-refractivity contribution >= 4 is 64.1 Å². The third kappa shape index (κ3) is 2.89. The predicted octanol–water partition coefficient (Wildman–Crippen LogP) is 2.42. The molecular weight excluding hydrogens is 435 g/mol. The molecule has 2 aliphatic rings. The number of hydrogen-bond donors (Lipinski definition) is 2. The Hall–Kier alpha value is -1.81. The Morgan fingerprint density at radius 1 is 1.22 bits per heavy atom. The van der Waals surface area contributed by atoms with Gasteiger partial charge in [0, 0.05) is 10.8 Å². The van der Waals surface area contributed by atoms with Crippen molar-refractivity contribution in [1.82, 2.24) is 9.88 Å². The number of thiazole rings is 1. The molecule has 0 saturated carbocycles. The lowest BCUT2D eigenvalue weighted by atomic mass is 9.83. The van der Waals surface area contributed by atoms with E-state index in [1.54, 1.807) is 18.2 Å². The number of amides is 2. The number of benzene rings is 1. The average Bonchev–Trinajstić information content (AvgIpc) is 3.08. The summed E-state index contributed by atoms with van der Waals surface area (Å²) in [6.07, 6.45) is 0. The smallest absolute Gasteiger partial charge is 0.323 e. The number of carboxylic acid groups (broad SMARTS) is 1. The zero-order chi connectivity index (χ0) is 19.5. The summed E-state index contributed by atoms with van der Waals surface area (Å²) in [5, 5.41) is 9.21. The van der Waals surface area contributed by atoms with Gasteiger partial charge in [-0.2, -0.15) is 0 Å². The highest BCUT2D eigenvalue weighted by Gasteiger charge is 2.56. The van der Waals surface area contributed by atoms with Gasteiger partial charge >= 0.3 is 10.8 Å². The van der Waals surface area contributed by atoms with Gasteiger partial charge in [-0.3, -0.25) is 24.1 Å². The first-order chi connectivity index (χ1) is 12.8. The summed E-state index contributed by atoms with van der Waals surface area (Å²) in [5.41, 5.74) is 0.522. The van der Waals surface area contributed by atoms with Crippen LogP contribution in [0.25, 0.3) is 0 Å². The van der Waals surface area contributed by atoms with Crippen molar-refractivity contribution in [2.24, 2.45) is 5.92 Å². The molecule has 0 unspecified atom stereocenters. The Morgan fingerprint density at radius 3 is 2.67 bits per heavy atom. The van der Waals surface area contributed by atoms with Crippen LogP contribution in [0.4, 0.5) is 0 Å². The molecule has 0 radical (unpaired) electrons. The monoisotopic (exact) mass is 444 g/mol. The van der Waals surface area contributed by atoms with E-state index >= 15 is 0 Å². The van der Waals surface area contributed by atoms with Gasteiger partial charge in [0.05, 0.1) is 21.0 Å². The average molecular weight is 445 g/mol. The van der Waals surface area contributed by atoms with Crippen molar-refractivity contribution in [3.05, 3.63) is 48.4 Å². The van der Waals surface area contributed by atoms with Gasteiger partial charge in [0.15, 0.2) is 0 Å². The summed E-state index contributed by atoms with van der Waals surface area (Å²) in [5.74, 6) is -3.99. The molecule has 7 nitrogen and oxygen atoms in total. The van der Waals surface area contributed by atoms with E-state index in [4.69, 9.17) is 28.3 Å². The maximum absolute atomic E-state index is 13.0. The molecule has 2 aliphatic heterocycles. The Bertz CT molecular complexity index is 1050. The lowest BCUT2D eigenvalue weighted by molar-refractivity contribution is -0.149. The number of thioether (sulfide) groups is 1. The van der Waals surface area contributed by atoms with E-state index in [1.807, 2.05) is 0 Å². The fourth-order valence-corrected chi connectivity index (χ4v) is 6.41. The number of aliphatic carboxylic acids is 1. The number of halogens is 2. The van der Waals surface area contributed by atoms with E-state index in [-0.39, 0.29) is 14.9 Å². The van der Waals surface area contributed by atoms with E-state index in [9.17, 15) is 19.2 Å². The van der Waals surface area contributed by atoms with Crippen LogP contribution in [0.3, 0.4) is 0 Å². The van der Waals surface area contributed by atoms with E-state index in [2.05, 4.69) is 4.98 Å². The first-order valence-electron chi connectivity index (χ1n) is 7.70. The molecular formula is C16H10Cl2N2O5S2. The Kier molecular flexibility index (Phi) is 4.58. The minimum atomic E-state index is -1.28. The third-order valence-corrected chi connectivity index (χ3v) is 7.76. The molecule has 0 spiro atoms. The summed E-state index contributed by atoms with van der Waals surface area (Å²) in [4.78, 5) is 52.4. The number of H-pyrrole nitrogens is 1. The third-order valence-electron chi connectivity index (χ3n) is 4.53. The topological polar surface area (TPSA) is 108 Å². The number of carbonyl (C=O) groups excluding carboxylic acids is 2. The summed E-state index contributed by atoms with van der Waals surface area (Å²) in [7, 11) is 0. The molecule has 2 amide bonds. The second-order valence-corrected chi connectivity index (χ2v) is 9.00. The molecule has 1 aromatic carbocycles. The molecule has 140 valence electrons. The van der Waals surface area contributed by atoms with E-state index in [0.29, 0.717) is 15.5 Å². The number of aromatic nitrogens is 1. The van der Waals surface area contributed by atoms with Crippen LogP contribution in [0.1, 0.15) is 16.4 Å². The Balaban J connectivity index is 1.90. The van der Waals surface area contributed by atoms with Crippen molar-refractivity contribution in [1.29, 1.82) is 0 Å². The summed E-state index contributed by atoms with van der Waals surface area (Å²) < 4.78 is 0. The Labute approximate surface area is 170 Å². The van der Waals surface area contributed by atoms with Crippen LogP contribution in [-0.2, 0) is 14.4 Å². The lowest BCUT2D eigenvalue weighted by Crippen LogP contribution is -2.36. The van der Waals surface area contributed by atoms with Gasteiger partial charge in [0.25, 0.3) is 0 Å². The summed E-state index contributed by atoms with van der Waals surface area (Å²) in [6.45, 7) is -0.703. The number of hydrogen-bond acceptors (Lipinski definition) is 6. The standard InChI is InChI=1S/C16H10Cl2N2O5S2/c17-6-3-1-2-5(10(6)18)8-9-12(26-13-11(8)27-16(25)19-13)15(24)20(14(9)23)4-7(21)22/h1-3,8-9,12H,4H2,(H,19,25)(H,21,22)/t8-,9+,12-/m0/s1. The van der Waals surface area contributed by atoms with E-state index in [1.165, 1.54) is 0 Å². The predicted molar refractivity (Wildman–Crippen MR) is 101 cm³/mol. The van der Waals surface area contributed by atoms with Gasteiger partial charge < -0.3 is 10.1 Å². The zero-order valence-corrected chi connectivity index (χ0v) is 16.4. The fourth-order valence-electron chi connectivity index (χ4n) is 3.46. The number of carbonyl (C=O) groups is 3. The van der Waals surface area contributed by atoms with Crippen molar-refractivity contribution in [2.45, 2.75) is 16.2 Å². The SMILES string of the molecule is O=C(O)CN1C(=O)[C@@H]2[C@H](c3cccc(Cl)c3Cl)c3sc(=O)[nH]c3S[C@@H]2C1=O. The molecule has 1 fully saturated rings. The Morgan fingerprint density at radius 2 is 1.96 bits per heavy atom. The molecule has 0 bridgehead atoms. The number of likely N-dealkylation sites (tertiary alicyclic amines) is 1. The molecule has 4 rings (SSSR count). The highest BCUT2D eigenvalue weighted by atomic mass is 35.5. The number of nitrogens with one attached hydrogen (secondary N) is 1. The van der Waals surface area contributed by atoms with Crippen LogP contribution in [0, 0.1) is 5.92 Å².